The van der Waals surface area contributed by atoms with E-state index in [0.717, 1.165) is 0 Å². The van der Waals surface area contributed by atoms with Crippen LogP contribution in [-0.2, 0) is 14.8 Å². The van der Waals surface area contributed by atoms with Gasteiger partial charge in [0.05, 0.1) is 19.9 Å². The topological polar surface area (TPSA) is 84.9 Å². The molecule has 9 heteroatoms. The molecule has 0 unspecified atom stereocenters. The predicted molar refractivity (Wildman–Crippen MR) is 107 cm³/mol. The zero-order valence-corrected chi connectivity index (χ0v) is 16.9. The molecule has 2 fully saturated rings. The van der Waals surface area contributed by atoms with E-state index in [1.807, 2.05) is 0 Å². The highest BCUT2D eigenvalue weighted by atomic mass is 35.5. The Morgan fingerprint density at radius 3 is 2.46 bits per heavy atom. The van der Waals surface area contributed by atoms with E-state index < -0.39 is 20.7 Å². The van der Waals surface area contributed by atoms with Crippen LogP contribution in [0.3, 0.4) is 0 Å². The molecule has 1 heterocycles. The summed E-state index contributed by atoms with van der Waals surface area (Å²) in [5.41, 5.74) is 0.956. The largest absolute Gasteiger partial charge is 0.493 e. The number of benzene rings is 2. The lowest BCUT2D eigenvalue weighted by molar-refractivity contribution is -0.116. The molecule has 2 atom stereocenters. The first-order chi connectivity index (χ1) is 13.3. The van der Waals surface area contributed by atoms with Gasteiger partial charge in [0.1, 0.15) is 0 Å². The van der Waals surface area contributed by atoms with Gasteiger partial charge in [0, 0.05) is 29.2 Å². The van der Waals surface area contributed by atoms with Gasteiger partial charge in [-0.3, -0.25) is 9.10 Å². The normalized spacial score (nSPS) is 24.4. The molecule has 1 amide bonds. The van der Waals surface area contributed by atoms with E-state index in [-0.39, 0.29) is 12.5 Å². The fourth-order valence-corrected chi connectivity index (χ4v) is 6.22. The zero-order chi connectivity index (χ0) is 20.1. The van der Waals surface area contributed by atoms with E-state index in [0.29, 0.717) is 34.3 Å². The maximum atomic E-state index is 13.2. The van der Waals surface area contributed by atoms with E-state index in [1.54, 1.807) is 42.5 Å². The Kier molecular flexibility index (Phi) is 4.43. The van der Waals surface area contributed by atoms with Crippen molar-refractivity contribution in [1.82, 2.24) is 0 Å². The van der Waals surface area contributed by atoms with Crippen molar-refractivity contribution in [3.63, 3.8) is 0 Å². The average Bonchev–Trinajstić information content (AvgIpc) is 3.38. The van der Waals surface area contributed by atoms with E-state index in [9.17, 15) is 13.2 Å². The highest BCUT2D eigenvalue weighted by Gasteiger charge is 2.75. The first-order valence-corrected chi connectivity index (χ1v) is 10.5. The van der Waals surface area contributed by atoms with Gasteiger partial charge in [-0.05, 0) is 42.8 Å². The average molecular weight is 423 g/mol. The number of hydrogen-bond acceptors (Lipinski definition) is 5. The number of carbonyl (C=O) groups is 1. The molecule has 0 radical (unpaired) electrons. The summed E-state index contributed by atoms with van der Waals surface area (Å²) in [6.45, 7) is 0.281. The summed E-state index contributed by atoms with van der Waals surface area (Å²) < 4.78 is 36.6. The molecule has 1 aliphatic heterocycles. The first kappa shape index (κ1) is 18.9. The minimum Gasteiger partial charge on any atom is -0.493 e. The Morgan fingerprint density at radius 1 is 1.14 bits per heavy atom. The summed E-state index contributed by atoms with van der Waals surface area (Å²) in [6.07, 6.45) is 0.318. The van der Waals surface area contributed by atoms with Crippen molar-refractivity contribution in [3.05, 3.63) is 47.5 Å². The third-order valence-corrected chi connectivity index (χ3v) is 8.12. The number of sulfonamides is 1. The van der Waals surface area contributed by atoms with E-state index in [4.69, 9.17) is 21.1 Å². The van der Waals surface area contributed by atoms with Crippen LogP contribution in [0.25, 0.3) is 0 Å². The Balaban J connectivity index is 1.59. The maximum absolute atomic E-state index is 13.2. The molecule has 1 saturated carbocycles. The molecule has 2 aromatic carbocycles. The summed E-state index contributed by atoms with van der Waals surface area (Å²) in [5, 5.41) is 3.25. The highest BCUT2D eigenvalue weighted by Crippen LogP contribution is 2.58. The number of rotatable bonds is 5. The fraction of sp³-hybridized carbons (Fsp3) is 0.316. The summed E-state index contributed by atoms with van der Waals surface area (Å²) in [7, 11) is -0.840. The van der Waals surface area contributed by atoms with Crippen molar-refractivity contribution in [2.75, 3.05) is 30.4 Å². The van der Waals surface area contributed by atoms with Crippen LogP contribution in [0.1, 0.15) is 6.42 Å². The Bertz CT molecular complexity index is 1040. The van der Waals surface area contributed by atoms with Crippen LogP contribution in [-0.4, -0.2) is 39.8 Å². The minimum absolute atomic E-state index is 0.242. The van der Waals surface area contributed by atoms with Gasteiger partial charge in [-0.2, -0.15) is 0 Å². The number of ether oxygens (including phenoxy) is 2. The number of amides is 1. The van der Waals surface area contributed by atoms with Crippen molar-refractivity contribution >= 4 is 38.9 Å². The van der Waals surface area contributed by atoms with Gasteiger partial charge in [0.25, 0.3) is 0 Å². The fourth-order valence-electron chi connectivity index (χ4n) is 3.73. The number of fused-ring (bicyclic) bond motifs is 1. The van der Waals surface area contributed by atoms with Gasteiger partial charge in [0.15, 0.2) is 16.2 Å². The van der Waals surface area contributed by atoms with Crippen LogP contribution in [0.15, 0.2) is 42.5 Å². The summed E-state index contributed by atoms with van der Waals surface area (Å²) in [5.74, 6) is 0.196. The zero-order valence-electron chi connectivity index (χ0n) is 15.3. The van der Waals surface area contributed by atoms with Crippen LogP contribution in [0.2, 0.25) is 5.02 Å². The lowest BCUT2D eigenvalue weighted by atomic mass is 10.2. The molecule has 4 rings (SSSR count). The molecule has 0 bridgehead atoms. The summed E-state index contributed by atoms with van der Waals surface area (Å²) in [4.78, 5) is 13.0. The quantitative estimate of drug-likeness (QED) is 0.800. The Labute approximate surface area is 168 Å². The van der Waals surface area contributed by atoms with Crippen LogP contribution >= 0.6 is 11.6 Å². The van der Waals surface area contributed by atoms with Gasteiger partial charge < -0.3 is 14.8 Å². The van der Waals surface area contributed by atoms with Crippen LogP contribution in [0.5, 0.6) is 11.5 Å². The summed E-state index contributed by atoms with van der Waals surface area (Å²) in [6, 6.07) is 11.4. The van der Waals surface area contributed by atoms with Gasteiger partial charge in [-0.15, -0.1) is 0 Å². The molecule has 0 aromatic heterocycles. The number of hydrogen-bond donors (Lipinski definition) is 1. The second kappa shape index (κ2) is 6.56. The Morgan fingerprint density at radius 2 is 1.82 bits per heavy atom. The van der Waals surface area contributed by atoms with Gasteiger partial charge >= 0.3 is 0 Å². The van der Waals surface area contributed by atoms with Crippen molar-refractivity contribution in [2.45, 2.75) is 11.2 Å². The van der Waals surface area contributed by atoms with E-state index in [1.165, 1.54) is 18.5 Å². The number of halogens is 1. The number of methoxy groups -OCH3 is 2. The summed E-state index contributed by atoms with van der Waals surface area (Å²) >= 11 is 5.89. The predicted octanol–water partition coefficient (Wildman–Crippen LogP) is 2.90. The highest BCUT2D eigenvalue weighted by molar-refractivity contribution is 7.95. The molecule has 0 spiro atoms. The number of nitrogens with one attached hydrogen (secondary N) is 1. The van der Waals surface area contributed by atoms with Crippen molar-refractivity contribution in [1.29, 1.82) is 0 Å². The van der Waals surface area contributed by atoms with Crippen molar-refractivity contribution in [2.24, 2.45) is 5.92 Å². The molecule has 148 valence electrons. The van der Waals surface area contributed by atoms with Gasteiger partial charge in [-0.1, -0.05) is 11.6 Å². The van der Waals surface area contributed by atoms with Gasteiger partial charge in [0.2, 0.25) is 15.9 Å². The molecular weight excluding hydrogens is 404 g/mol. The SMILES string of the molecule is COc1ccc(NC(=O)[C@@]23C[C@H]2CN(c2ccc(Cl)cc2)S3(=O)=O)cc1OC. The lowest BCUT2D eigenvalue weighted by Crippen LogP contribution is -2.42. The minimum atomic E-state index is -3.84. The van der Waals surface area contributed by atoms with Crippen molar-refractivity contribution < 1.29 is 22.7 Å². The maximum Gasteiger partial charge on any atom is 0.250 e. The van der Waals surface area contributed by atoms with E-state index >= 15 is 0 Å². The molecule has 1 N–H and O–H groups in total. The third kappa shape index (κ3) is 2.70. The number of anilines is 2. The molecule has 1 saturated heterocycles. The number of carbonyl (C=O) groups excluding carboxylic acids is 1. The third-order valence-electron chi connectivity index (χ3n) is 5.33. The monoisotopic (exact) mass is 422 g/mol. The van der Waals surface area contributed by atoms with Crippen LogP contribution in [0.4, 0.5) is 11.4 Å². The smallest absolute Gasteiger partial charge is 0.250 e. The van der Waals surface area contributed by atoms with Crippen LogP contribution < -0.4 is 19.1 Å². The van der Waals surface area contributed by atoms with Gasteiger partial charge in [-0.25, -0.2) is 8.42 Å². The van der Waals surface area contributed by atoms with Crippen LogP contribution in [0, 0.1) is 5.92 Å². The first-order valence-electron chi connectivity index (χ1n) is 8.65. The molecule has 2 aromatic rings. The second-order valence-corrected chi connectivity index (χ2v) is 9.38. The molecule has 7 nitrogen and oxygen atoms in total. The second-order valence-electron chi connectivity index (χ2n) is 6.83. The standard InChI is InChI=1S/C19H19ClN2O5S/c1-26-16-8-5-14(9-17(16)27-2)21-18(23)19-10-12(19)11-22(28(19,24)25)15-6-3-13(20)4-7-15/h3-9,12H,10-11H2,1-2H3,(H,21,23)/t12-,19+/m0/s1. The molecule has 1 aliphatic carbocycles. The molecule has 28 heavy (non-hydrogen) atoms. The molecule has 2 aliphatic rings. The van der Waals surface area contributed by atoms with Crippen molar-refractivity contribution in [3.8, 4) is 11.5 Å². The lowest BCUT2D eigenvalue weighted by Gasteiger charge is -2.23. The van der Waals surface area contributed by atoms with E-state index in [2.05, 4.69) is 5.32 Å². The Hall–Kier alpha value is -2.45. The number of nitrogens with zero attached hydrogens (tertiary/aromatic N) is 1. The molecular formula is C19H19ClN2O5S.